The van der Waals surface area contributed by atoms with Crippen LogP contribution in [0.3, 0.4) is 0 Å². The molecule has 12 heteroatoms. The van der Waals surface area contributed by atoms with Crippen LogP contribution in [0.2, 0.25) is 0 Å². The number of imide groups is 1. The van der Waals surface area contributed by atoms with Crippen LogP contribution in [0.25, 0.3) is 0 Å². The Morgan fingerprint density at radius 2 is 1.74 bits per heavy atom. The fourth-order valence-electron chi connectivity index (χ4n) is 5.68. The zero-order valence-corrected chi connectivity index (χ0v) is 21.2. The van der Waals surface area contributed by atoms with Gasteiger partial charge in [0, 0.05) is 38.6 Å². The Morgan fingerprint density at radius 1 is 1.11 bits per heavy atom. The summed E-state index contributed by atoms with van der Waals surface area (Å²) >= 11 is 0. The van der Waals surface area contributed by atoms with Crippen molar-refractivity contribution in [3.63, 3.8) is 0 Å². The lowest BCUT2D eigenvalue weighted by Gasteiger charge is -2.42. The molecule has 0 radical (unpaired) electrons. The van der Waals surface area contributed by atoms with E-state index >= 15 is 0 Å². The molecule has 4 atom stereocenters. The van der Waals surface area contributed by atoms with Crippen molar-refractivity contribution >= 4 is 23.7 Å². The number of hydrogen-bond donors (Lipinski definition) is 2. The number of carbonyl (C=O) groups excluding carboxylic acids is 3. The van der Waals surface area contributed by atoms with E-state index < -0.39 is 29.5 Å². The van der Waals surface area contributed by atoms with Crippen LogP contribution in [-0.2, 0) is 32.8 Å². The van der Waals surface area contributed by atoms with Gasteiger partial charge in [0.2, 0.25) is 17.7 Å². The van der Waals surface area contributed by atoms with Crippen molar-refractivity contribution in [3.05, 3.63) is 59.4 Å². The van der Waals surface area contributed by atoms with Gasteiger partial charge in [-0.1, -0.05) is 29.8 Å². The van der Waals surface area contributed by atoms with Crippen LogP contribution in [0, 0.1) is 18.8 Å². The molecule has 3 saturated heterocycles. The van der Waals surface area contributed by atoms with Gasteiger partial charge in [0.15, 0.2) is 0 Å². The third-order valence-electron chi connectivity index (χ3n) is 7.63. The van der Waals surface area contributed by atoms with E-state index in [1.807, 2.05) is 66.0 Å². The number of benzene rings is 1. The van der Waals surface area contributed by atoms with Gasteiger partial charge in [-0.15, -0.1) is 0 Å². The summed E-state index contributed by atoms with van der Waals surface area (Å²) in [5, 5.41) is 10.7. The number of piperidine rings is 1. The number of fused-ring (bicyclic) bond motifs is 2. The lowest BCUT2D eigenvalue weighted by Crippen LogP contribution is -2.63. The molecule has 1 spiro atoms. The number of nitrogens with zero attached hydrogens (tertiary/aromatic N) is 3. The zero-order chi connectivity index (χ0) is 28.0. The van der Waals surface area contributed by atoms with Crippen molar-refractivity contribution in [3.8, 4) is 0 Å². The van der Waals surface area contributed by atoms with Crippen LogP contribution in [0.4, 0.5) is 13.2 Å². The normalized spacial score (nSPS) is 27.0. The van der Waals surface area contributed by atoms with Crippen LogP contribution < -0.4 is 5.32 Å². The van der Waals surface area contributed by atoms with E-state index in [1.165, 1.54) is 11.9 Å². The van der Waals surface area contributed by atoms with Gasteiger partial charge in [0.05, 0.1) is 18.4 Å². The molecule has 38 heavy (non-hydrogen) atoms. The Balaban J connectivity index is 0.000000426. The van der Waals surface area contributed by atoms with Crippen molar-refractivity contribution in [2.45, 2.75) is 44.1 Å². The van der Waals surface area contributed by atoms with Crippen LogP contribution in [-0.4, -0.2) is 68.5 Å². The van der Waals surface area contributed by atoms with Gasteiger partial charge < -0.3 is 14.6 Å². The van der Waals surface area contributed by atoms with Gasteiger partial charge in [0.25, 0.3) is 0 Å². The van der Waals surface area contributed by atoms with E-state index in [4.69, 9.17) is 9.90 Å². The second kappa shape index (κ2) is 9.90. The maximum absolute atomic E-state index is 13.9. The van der Waals surface area contributed by atoms with Gasteiger partial charge in [-0.25, -0.2) is 4.79 Å². The number of halogens is 3. The van der Waals surface area contributed by atoms with Crippen molar-refractivity contribution in [2.75, 3.05) is 13.6 Å². The highest BCUT2D eigenvalue weighted by atomic mass is 19.4. The maximum atomic E-state index is 13.9. The molecule has 2 N–H and O–H groups in total. The maximum Gasteiger partial charge on any atom is 0.490 e. The molecule has 5 rings (SSSR count). The molecular weight excluding hydrogens is 505 g/mol. The standard InChI is InChI=1S/C24H28N4O3.C2HF3O2/c1-15-7-9-16(10-8-15)20-18-19(22(30)27(3)21(18)29)24(25-20)11-5-13-28(23(24)31)14-17-6-4-12-26(17)2;3-2(4,5)1(6)7/h4,6-10,12,18-20,25H,5,11,13-14H2,1-3H3;(H,6,7)/t18-,19-,20-,24-;/m1./s1. The number of carbonyl (C=O) groups is 4. The molecule has 3 fully saturated rings. The first-order valence-corrected chi connectivity index (χ1v) is 12.1. The third-order valence-corrected chi connectivity index (χ3v) is 7.63. The largest absolute Gasteiger partial charge is 0.490 e. The second-order valence-corrected chi connectivity index (χ2v) is 9.99. The molecule has 0 bridgehead atoms. The van der Waals surface area contributed by atoms with Gasteiger partial charge in [-0.2, -0.15) is 13.2 Å². The number of carboxylic acid groups (broad SMARTS) is 1. The lowest BCUT2D eigenvalue weighted by atomic mass is 9.74. The number of likely N-dealkylation sites (tertiary alicyclic amines) is 2. The average Bonchev–Trinajstić information content (AvgIpc) is 3.48. The topological polar surface area (TPSA) is 112 Å². The van der Waals surface area contributed by atoms with Crippen LogP contribution in [0.5, 0.6) is 0 Å². The summed E-state index contributed by atoms with van der Waals surface area (Å²) in [5.41, 5.74) is 2.07. The van der Waals surface area contributed by atoms with E-state index in [0.717, 1.165) is 23.2 Å². The summed E-state index contributed by atoms with van der Waals surface area (Å²) < 4.78 is 33.7. The third kappa shape index (κ3) is 4.68. The van der Waals surface area contributed by atoms with Gasteiger partial charge >= 0.3 is 12.1 Å². The molecule has 1 aromatic heterocycles. The molecule has 1 aromatic carbocycles. The average molecular weight is 535 g/mol. The Morgan fingerprint density at radius 3 is 2.29 bits per heavy atom. The fraction of sp³-hybridized carbons (Fsp3) is 0.462. The molecule has 4 heterocycles. The first-order valence-electron chi connectivity index (χ1n) is 12.1. The molecule has 3 aliphatic rings. The highest BCUT2D eigenvalue weighted by Crippen LogP contribution is 2.51. The number of nitrogens with one attached hydrogen (secondary N) is 1. The molecule has 9 nitrogen and oxygen atoms in total. The summed E-state index contributed by atoms with van der Waals surface area (Å²) in [6, 6.07) is 11.6. The highest BCUT2D eigenvalue weighted by Gasteiger charge is 2.68. The summed E-state index contributed by atoms with van der Waals surface area (Å²) in [4.78, 5) is 52.2. The Bertz CT molecular complexity index is 1260. The highest BCUT2D eigenvalue weighted by molar-refractivity contribution is 6.10. The molecule has 0 saturated carbocycles. The fourth-order valence-corrected chi connectivity index (χ4v) is 5.68. The number of aromatic nitrogens is 1. The summed E-state index contributed by atoms with van der Waals surface area (Å²) in [7, 11) is 3.50. The molecule has 0 unspecified atom stereocenters. The molecule has 3 aliphatic heterocycles. The number of alkyl halides is 3. The van der Waals surface area contributed by atoms with E-state index in [-0.39, 0.29) is 23.8 Å². The van der Waals surface area contributed by atoms with Gasteiger partial charge in [-0.3, -0.25) is 24.6 Å². The number of aliphatic carboxylic acids is 1. The molecule has 3 amide bonds. The van der Waals surface area contributed by atoms with Crippen LogP contribution in [0.1, 0.15) is 35.7 Å². The molecular formula is C26H29F3N4O5. The smallest absolute Gasteiger partial charge is 0.475 e. The predicted molar refractivity (Wildman–Crippen MR) is 128 cm³/mol. The van der Waals surface area contributed by atoms with E-state index in [1.54, 1.807) is 0 Å². The minimum absolute atomic E-state index is 0.0685. The molecule has 204 valence electrons. The first-order chi connectivity index (χ1) is 17.8. The summed E-state index contributed by atoms with van der Waals surface area (Å²) in [5.74, 6) is -4.49. The Kier molecular flexibility index (Phi) is 7.13. The zero-order valence-electron chi connectivity index (χ0n) is 21.2. The predicted octanol–water partition coefficient (Wildman–Crippen LogP) is 2.40. The monoisotopic (exact) mass is 534 g/mol. The van der Waals surface area contributed by atoms with Crippen LogP contribution >= 0.6 is 0 Å². The van der Waals surface area contributed by atoms with Crippen molar-refractivity contribution in [1.82, 2.24) is 19.7 Å². The van der Waals surface area contributed by atoms with E-state index in [2.05, 4.69) is 5.32 Å². The number of hydrogen-bond acceptors (Lipinski definition) is 5. The quantitative estimate of drug-likeness (QED) is 0.585. The number of rotatable bonds is 3. The minimum atomic E-state index is -5.08. The number of carboxylic acids is 1. The van der Waals surface area contributed by atoms with Crippen molar-refractivity contribution in [2.24, 2.45) is 18.9 Å². The Hall–Kier alpha value is -3.67. The van der Waals surface area contributed by atoms with Crippen LogP contribution in [0.15, 0.2) is 42.6 Å². The minimum Gasteiger partial charge on any atom is -0.475 e. The SMILES string of the molecule is Cc1ccc([C@H]2N[C@]3(CCCN(Cc4cccn4C)C3=O)[C@H]3C(=O)N(C)C(=O)[C@@H]23)cc1.O=C(O)C(F)(F)F. The summed E-state index contributed by atoms with van der Waals surface area (Å²) in [6.07, 6.45) is -1.77. The molecule has 2 aromatic rings. The number of amides is 3. The van der Waals surface area contributed by atoms with E-state index in [0.29, 0.717) is 19.5 Å². The first kappa shape index (κ1) is 27.4. The van der Waals surface area contributed by atoms with Crippen molar-refractivity contribution < 1.29 is 37.5 Å². The van der Waals surface area contributed by atoms with Crippen molar-refractivity contribution in [1.29, 1.82) is 0 Å². The number of aryl methyl sites for hydroxylation is 2. The Labute approximate surface area is 217 Å². The van der Waals surface area contributed by atoms with E-state index in [9.17, 15) is 27.6 Å². The van der Waals surface area contributed by atoms with Gasteiger partial charge in [0.1, 0.15) is 5.54 Å². The van der Waals surface area contributed by atoms with Gasteiger partial charge in [-0.05, 0) is 37.5 Å². The lowest BCUT2D eigenvalue weighted by molar-refractivity contribution is -0.192. The summed E-state index contributed by atoms with van der Waals surface area (Å²) in [6.45, 7) is 3.16. The second-order valence-electron chi connectivity index (χ2n) is 9.99. The molecule has 0 aliphatic carbocycles.